The Bertz CT molecular complexity index is 430. The summed E-state index contributed by atoms with van der Waals surface area (Å²) in [6, 6.07) is 0. The summed E-state index contributed by atoms with van der Waals surface area (Å²) in [5.74, 6) is 0. The quantitative estimate of drug-likeness (QED) is 0.0611. The lowest BCUT2D eigenvalue weighted by Crippen LogP contribution is -2.06. The Balaban J connectivity index is 4.03. The lowest BCUT2D eigenvalue weighted by Gasteiger charge is -2.18. The topological polar surface area (TPSA) is 0 Å². The van der Waals surface area contributed by atoms with Crippen LogP contribution < -0.4 is 0 Å². The fourth-order valence-corrected chi connectivity index (χ4v) is 7.12. The van der Waals surface area contributed by atoms with Crippen molar-refractivity contribution in [3.8, 4) is 0 Å². The fraction of sp³-hybridized carbons (Fsp3) is 1.00. The zero-order chi connectivity index (χ0) is 28.0. The van der Waals surface area contributed by atoms with Crippen LogP contribution in [0.5, 0.6) is 0 Å². The maximum absolute atomic E-state index is 12.2. The van der Waals surface area contributed by atoms with Crippen LogP contribution in [0.2, 0.25) is 0 Å². The molecule has 0 heterocycles. The third-order valence-electron chi connectivity index (χ3n) is 6.55. The minimum absolute atomic E-state index is 0.136. The van der Waals surface area contributed by atoms with Gasteiger partial charge in [-0.1, -0.05) is 77.0 Å². The average molecular weight is 575 g/mol. The molecule has 0 nitrogen and oxygen atoms in total. The number of hydrogen-bond donors (Lipinski definition) is 0. The van der Waals surface area contributed by atoms with Crippen LogP contribution in [-0.4, -0.2) is 37.0 Å². The lowest BCUT2D eigenvalue weighted by atomic mass is 10.1. The second-order valence-corrected chi connectivity index (χ2v) is 13.0. The molecule has 0 amide bonds. The van der Waals surface area contributed by atoms with Gasteiger partial charge in [0.25, 0.3) is 0 Å². The molecular formula is C27H48F9P. The molecule has 0 saturated heterocycles. The number of halogens is 9. The van der Waals surface area contributed by atoms with E-state index in [1.807, 2.05) is 0 Å². The third-order valence-corrected chi connectivity index (χ3v) is 9.40. The van der Waals surface area contributed by atoms with E-state index in [1.54, 1.807) is 0 Å². The van der Waals surface area contributed by atoms with Gasteiger partial charge in [0.05, 0.1) is 0 Å². The van der Waals surface area contributed by atoms with Crippen LogP contribution >= 0.6 is 7.92 Å². The highest BCUT2D eigenvalue weighted by molar-refractivity contribution is 7.57. The monoisotopic (exact) mass is 574 g/mol. The van der Waals surface area contributed by atoms with E-state index in [2.05, 4.69) is 0 Å². The highest BCUT2D eigenvalue weighted by Gasteiger charge is 2.27. The largest absolute Gasteiger partial charge is 0.389 e. The standard InChI is InChI=1S/C27H48F9P/c28-25(29,30)19-13-7-1-4-10-16-22-37(23-17-11-5-2-8-14-20-26(31,32)33)24-18-12-6-3-9-15-21-27(34,35)36/h1-24H2. The molecule has 0 N–H and O–H groups in total. The predicted molar refractivity (Wildman–Crippen MR) is 137 cm³/mol. The van der Waals surface area contributed by atoms with E-state index in [0.717, 1.165) is 95.5 Å². The highest BCUT2D eigenvalue weighted by atomic mass is 31.1. The molecule has 0 aliphatic heterocycles. The van der Waals surface area contributed by atoms with Gasteiger partial charge in [-0.05, 0) is 57.0 Å². The maximum Gasteiger partial charge on any atom is 0.389 e. The zero-order valence-corrected chi connectivity index (χ0v) is 23.2. The molecule has 37 heavy (non-hydrogen) atoms. The first-order chi connectivity index (χ1) is 17.3. The SMILES string of the molecule is FC(F)(F)CCCCCCCCP(CCCCCCCCC(F)(F)F)CCCCCCCCC(F)(F)F. The number of alkyl halides is 9. The summed E-state index contributed by atoms with van der Waals surface area (Å²) in [6.07, 6.45) is 3.25. The molecule has 224 valence electrons. The molecule has 0 spiro atoms. The molecule has 0 atom stereocenters. The van der Waals surface area contributed by atoms with Gasteiger partial charge in [-0.15, -0.1) is 7.92 Å². The highest BCUT2D eigenvalue weighted by Crippen LogP contribution is 2.39. The van der Waals surface area contributed by atoms with Crippen molar-refractivity contribution >= 4 is 7.92 Å². The summed E-state index contributed by atoms with van der Waals surface area (Å²) >= 11 is 0. The second kappa shape index (κ2) is 21.6. The maximum atomic E-state index is 12.2. The molecule has 0 aromatic rings. The first kappa shape index (κ1) is 36.8. The van der Waals surface area contributed by atoms with Crippen molar-refractivity contribution in [3.05, 3.63) is 0 Å². The fourth-order valence-electron chi connectivity index (χ4n) is 4.44. The molecule has 0 rings (SSSR count). The van der Waals surface area contributed by atoms with Crippen LogP contribution in [0.25, 0.3) is 0 Å². The Hall–Kier alpha value is -0.200. The second-order valence-electron chi connectivity index (χ2n) is 10.3. The van der Waals surface area contributed by atoms with E-state index in [4.69, 9.17) is 0 Å². The van der Waals surface area contributed by atoms with Crippen LogP contribution in [0.1, 0.15) is 135 Å². The van der Waals surface area contributed by atoms with Gasteiger partial charge in [-0.25, -0.2) is 0 Å². The van der Waals surface area contributed by atoms with E-state index in [-0.39, 0.29) is 27.2 Å². The van der Waals surface area contributed by atoms with Crippen LogP contribution in [0.4, 0.5) is 39.5 Å². The Morgan fingerprint density at radius 2 is 0.459 bits per heavy atom. The molecule has 0 aromatic heterocycles. The summed E-state index contributed by atoms with van der Waals surface area (Å²) in [5, 5.41) is 0. The Morgan fingerprint density at radius 3 is 0.676 bits per heavy atom. The van der Waals surface area contributed by atoms with Crippen LogP contribution in [0.15, 0.2) is 0 Å². The Labute approximate surface area is 219 Å². The average Bonchev–Trinajstić information content (AvgIpc) is 2.76. The van der Waals surface area contributed by atoms with Gasteiger partial charge >= 0.3 is 18.5 Å². The summed E-state index contributed by atoms with van der Waals surface area (Å²) in [4.78, 5) is 0. The van der Waals surface area contributed by atoms with Crippen molar-refractivity contribution in [2.75, 3.05) is 18.5 Å². The van der Waals surface area contributed by atoms with Crippen molar-refractivity contribution in [2.45, 2.75) is 153 Å². The molecule has 0 aromatic carbocycles. The number of hydrogen-bond acceptors (Lipinski definition) is 0. The van der Waals surface area contributed by atoms with E-state index in [1.165, 1.54) is 0 Å². The predicted octanol–water partition coefficient (Wildman–Crippen LogP) is 12.3. The molecule has 0 radical (unpaired) electrons. The minimum Gasteiger partial charge on any atom is -0.171 e. The van der Waals surface area contributed by atoms with E-state index in [9.17, 15) is 39.5 Å². The van der Waals surface area contributed by atoms with E-state index < -0.39 is 37.8 Å². The van der Waals surface area contributed by atoms with Gasteiger partial charge in [0, 0.05) is 19.3 Å². The van der Waals surface area contributed by atoms with E-state index in [0.29, 0.717) is 19.3 Å². The summed E-state index contributed by atoms with van der Waals surface area (Å²) in [7, 11) is -0.136. The molecule has 10 heteroatoms. The molecule has 0 saturated carbocycles. The Kier molecular flexibility index (Phi) is 21.5. The normalized spacial score (nSPS) is 13.1. The van der Waals surface area contributed by atoms with Crippen LogP contribution in [0, 0.1) is 0 Å². The van der Waals surface area contributed by atoms with Crippen LogP contribution in [0.3, 0.4) is 0 Å². The van der Waals surface area contributed by atoms with Gasteiger partial charge < -0.3 is 0 Å². The van der Waals surface area contributed by atoms with Crippen molar-refractivity contribution in [1.29, 1.82) is 0 Å². The van der Waals surface area contributed by atoms with Gasteiger partial charge in [0.15, 0.2) is 0 Å². The molecule has 0 unspecified atom stereocenters. The molecule has 0 aliphatic carbocycles. The minimum atomic E-state index is -4.07. The van der Waals surface area contributed by atoms with Crippen LogP contribution in [-0.2, 0) is 0 Å². The first-order valence-corrected chi connectivity index (χ1v) is 16.1. The van der Waals surface area contributed by atoms with Crippen molar-refractivity contribution in [2.24, 2.45) is 0 Å². The smallest absolute Gasteiger partial charge is 0.171 e. The van der Waals surface area contributed by atoms with Crippen molar-refractivity contribution in [1.82, 2.24) is 0 Å². The molecular weight excluding hydrogens is 526 g/mol. The number of rotatable bonds is 24. The number of unbranched alkanes of at least 4 members (excludes halogenated alkanes) is 15. The van der Waals surface area contributed by atoms with Gasteiger partial charge in [-0.2, -0.15) is 39.5 Å². The van der Waals surface area contributed by atoms with Gasteiger partial charge in [-0.3, -0.25) is 0 Å². The Morgan fingerprint density at radius 1 is 0.270 bits per heavy atom. The van der Waals surface area contributed by atoms with Gasteiger partial charge in [0.1, 0.15) is 0 Å². The lowest BCUT2D eigenvalue weighted by molar-refractivity contribution is -0.136. The molecule has 0 fully saturated rings. The summed E-state index contributed by atoms with van der Waals surface area (Å²) < 4.78 is 110. The van der Waals surface area contributed by atoms with Crippen molar-refractivity contribution < 1.29 is 39.5 Å². The molecule has 0 aliphatic rings. The summed E-state index contributed by atoms with van der Waals surface area (Å²) in [5.41, 5.74) is 0. The van der Waals surface area contributed by atoms with Crippen molar-refractivity contribution in [3.63, 3.8) is 0 Å². The third kappa shape index (κ3) is 31.9. The summed E-state index contributed by atoms with van der Waals surface area (Å²) in [6.45, 7) is 0. The zero-order valence-electron chi connectivity index (χ0n) is 22.3. The first-order valence-electron chi connectivity index (χ1n) is 14.2. The van der Waals surface area contributed by atoms with Gasteiger partial charge in [0.2, 0.25) is 0 Å². The van der Waals surface area contributed by atoms with E-state index >= 15 is 0 Å². The molecule has 0 bridgehead atoms.